The fourth-order valence-electron chi connectivity index (χ4n) is 4.65. The number of hydrogen-bond acceptors (Lipinski definition) is 4. The number of anilines is 1. The summed E-state index contributed by atoms with van der Waals surface area (Å²) in [5, 5.41) is 3.66. The average molecular weight is 534 g/mol. The number of carbonyl (C=O) groups is 2. The monoisotopic (exact) mass is 533 g/mol. The number of carbonyl (C=O) groups excluding carboxylic acids is 2. The second-order valence-corrected chi connectivity index (χ2v) is 12.1. The number of nitrogens with zero attached hydrogens (tertiary/aromatic N) is 2. The van der Waals surface area contributed by atoms with Gasteiger partial charge in [-0.15, -0.1) is 0 Å². The molecular weight excluding hydrogens is 498 g/mol. The van der Waals surface area contributed by atoms with Gasteiger partial charge in [-0.3, -0.25) is 13.9 Å². The van der Waals surface area contributed by atoms with E-state index in [2.05, 4.69) is 5.32 Å². The third-order valence-corrected chi connectivity index (χ3v) is 7.95. The van der Waals surface area contributed by atoms with E-state index in [4.69, 9.17) is 11.6 Å². The Balaban J connectivity index is 1.88. The molecule has 196 valence electrons. The van der Waals surface area contributed by atoms with Gasteiger partial charge in [0.15, 0.2) is 0 Å². The highest BCUT2D eigenvalue weighted by Gasteiger charge is 2.31. The molecule has 0 aromatic heterocycles. The van der Waals surface area contributed by atoms with Crippen LogP contribution < -0.4 is 9.62 Å². The fourth-order valence-corrected chi connectivity index (χ4v) is 5.61. The Morgan fingerprint density at radius 1 is 1.03 bits per heavy atom. The first-order valence-corrected chi connectivity index (χ1v) is 14.6. The van der Waals surface area contributed by atoms with Crippen molar-refractivity contribution >= 4 is 39.1 Å². The normalized spacial score (nSPS) is 15.2. The summed E-state index contributed by atoms with van der Waals surface area (Å²) >= 11 is 6.03. The Morgan fingerprint density at radius 3 is 2.17 bits per heavy atom. The number of hydrogen-bond donors (Lipinski definition) is 1. The fraction of sp³-hybridized carbons (Fsp3) is 0.481. The van der Waals surface area contributed by atoms with Crippen molar-refractivity contribution in [3.05, 3.63) is 64.2 Å². The smallest absolute Gasteiger partial charge is 0.244 e. The summed E-state index contributed by atoms with van der Waals surface area (Å²) in [6, 6.07) is 11.8. The molecule has 1 aliphatic rings. The van der Waals surface area contributed by atoms with Crippen LogP contribution in [-0.2, 0) is 26.2 Å². The van der Waals surface area contributed by atoms with Crippen molar-refractivity contribution in [2.24, 2.45) is 0 Å². The molecule has 1 aliphatic carbocycles. The number of sulfonamides is 1. The SMILES string of the molecule is Cc1cc(C)cc(N(CC(=O)N(Cc2ccc(Cl)cc2)[C@@H](C)C(=O)NC2CCCCC2)S(C)(=O)=O)c1. The maximum absolute atomic E-state index is 13.7. The molecule has 0 unspecified atom stereocenters. The molecule has 2 aromatic carbocycles. The summed E-state index contributed by atoms with van der Waals surface area (Å²) in [5.41, 5.74) is 3.00. The molecule has 7 nitrogen and oxygen atoms in total. The molecule has 2 amide bonds. The Hall–Kier alpha value is -2.58. The Morgan fingerprint density at radius 2 is 1.61 bits per heavy atom. The van der Waals surface area contributed by atoms with Crippen molar-refractivity contribution in [2.75, 3.05) is 17.1 Å². The Labute approximate surface area is 219 Å². The lowest BCUT2D eigenvalue weighted by Gasteiger charge is -2.33. The van der Waals surface area contributed by atoms with E-state index < -0.39 is 28.5 Å². The van der Waals surface area contributed by atoms with Gasteiger partial charge in [-0.1, -0.05) is 49.1 Å². The number of nitrogens with one attached hydrogen (secondary N) is 1. The van der Waals surface area contributed by atoms with Crippen molar-refractivity contribution in [1.82, 2.24) is 10.2 Å². The highest BCUT2D eigenvalue weighted by Crippen LogP contribution is 2.23. The topological polar surface area (TPSA) is 86.8 Å². The van der Waals surface area contributed by atoms with E-state index in [0.717, 1.165) is 52.9 Å². The van der Waals surface area contributed by atoms with Gasteiger partial charge in [0.25, 0.3) is 0 Å². The van der Waals surface area contributed by atoms with Crippen LogP contribution >= 0.6 is 11.6 Å². The minimum absolute atomic E-state index is 0.101. The van der Waals surface area contributed by atoms with Crippen LogP contribution in [0.15, 0.2) is 42.5 Å². The van der Waals surface area contributed by atoms with E-state index in [-0.39, 0.29) is 18.5 Å². The Kier molecular flexibility index (Phi) is 9.41. The standard InChI is InChI=1S/C27H36ClN3O4S/c1-19-14-20(2)16-25(15-19)31(36(4,34)35)18-26(32)30(17-22-10-12-23(28)13-11-22)21(3)27(33)29-24-8-6-5-7-9-24/h10-16,21,24H,5-9,17-18H2,1-4H3,(H,29,33)/t21-/m0/s1. The van der Waals surface area contributed by atoms with Gasteiger partial charge in [0.1, 0.15) is 12.6 Å². The van der Waals surface area contributed by atoms with Crippen molar-refractivity contribution in [1.29, 1.82) is 0 Å². The van der Waals surface area contributed by atoms with Gasteiger partial charge in [-0.2, -0.15) is 0 Å². The first kappa shape index (κ1) is 28.0. The van der Waals surface area contributed by atoms with Crippen molar-refractivity contribution in [3.63, 3.8) is 0 Å². The van der Waals surface area contributed by atoms with Gasteiger partial charge >= 0.3 is 0 Å². The lowest BCUT2D eigenvalue weighted by molar-refractivity contribution is -0.139. The molecule has 0 spiro atoms. The van der Waals surface area contributed by atoms with Crippen LogP contribution in [0.1, 0.15) is 55.7 Å². The highest BCUT2D eigenvalue weighted by atomic mass is 35.5. The molecule has 1 saturated carbocycles. The minimum Gasteiger partial charge on any atom is -0.352 e. The highest BCUT2D eigenvalue weighted by molar-refractivity contribution is 7.92. The summed E-state index contributed by atoms with van der Waals surface area (Å²) in [5.74, 6) is -0.692. The van der Waals surface area contributed by atoms with Gasteiger partial charge in [0.05, 0.1) is 11.9 Å². The molecule has 36 heavy (non-hydrogen) atoms. The number of amides is 2. The maximum atomic E-state index is 13.7. The quantitative estimate of drug-likeness (QED) is 0.511. The molecule has 3 rings (SSSR count). The van der Waals surface area contributed by atoms with Gasteiger partial charge in [-0.25, -0.2) is 8.42 Å². The predicted octanol–water partition coefficient (Wildman–Crippen LogP) is 4.59. The molecule has 0 heterocycles. The van der Waals surface area contributed by atoms with Crippen LogP contribution in [0, 0.1) is 13.8 Å². The second kappa shape index (κ2) is 12.1. The zero-order valence-corrected chi connectivity index (χ0v) is 23.0. The molecule has 9 heteroatoms. The average Bonchev–Trinajstić information content (AvgIpc) is 2.80. The van der Waals surface area contributed by atoms with Crippen LogP contribution in [-0.4, -0.2) is 50.0 Å². The summed E-state index contributed by atoms with van der Waals surface area (Å²) in [6.45, 7) is 5.19. The summed E-state index contributed by atoms with van der Waals surface area (Å²) < 4.78 is 26.6. The number of aryl methyl sites for hydroxylation is 2. The zero-order chi connectivity index (χ0) is 26.5. The third kappa shape index (κ3) is 7.71. The molecule has 0 radical (unpaired) electrons. The molecule has 0 saturated heterocycles. The van der Waals surface area contributed by atoms with Crippen molar-refractivity contribution in [3.8, 4) is 0 Å². The maximum Gasteiger partial charge on any atom is 0.244 e. The molecular formula is C27H36ClN3O4S. The second-order valence-electron chi connectivity index (χ2n) is 9.78. The summed E-state index contributed by atoms with van der Waals surface area (Å²) in [4.78, 5) is 28.3. The lowest BCUT2D eigenvalue weighted by atomic mass is 9.95. The van der Waals surface area contributed by atoms with E-state index in [1.54, 1.807) is 43.3 Å². The van der Waals surface area contributed by atoms with E-state index in [0.29, 0.717) is 10.7 Å². The van der Waals surface area contributed by atoms with E-state index in [1.807, 2.05) is 19.9 Å². The van der Waals surface area contributed by atoms with Crippen LogP contribution in [0.25, 0.3) is 0 Å². The van der Waals surface area contributed by atoms with Gasteiger partial charge < -0.3 is 10.2 Å². The van der Waals surface area contributed by atoms with Gasteiger partial charge in [0.2, 0.25) is 21.8 Å². The molecule has 0 bridgehead atoms. The third-order valence-electron chi connectivity index (χ3n) is 6.56. The van der Waals surface area contributed by atoms with Crippen molar-refractivity contribution < 1.29 is 18.0 Å². The van der Waals surface area contributed by atoms with E-state index in [1.165, 1.54) is 11.3 Å². The first-order valence-electron chi connectivity index (χ1n) is 12.3. The lowest BCUT2D eigenvalue weighted by Crippen LogP contribution is -2.53. The van der Waals surface area contributed by atoms with E-state index >= 15 is 0 Å². The number of halogens is 1. The van der Waals surface area contributed by atoms with Crippen molar-refractivity contribution in [2.45, 2.75) is 71.5 Å². The molecule has 1 fully saturated rings. The largest absolute Gasteiger partial charge is 0.352 e. The molecule has 1 N–H and O–H groups in total. The summed E-state index contributed by atoms with van der Waals surface area (Å²) in [6.07, 6.45) is 6.26. The zero-order valence-electron chi connectivity index (χ0n) is 21.5. The predicted molar refractivity (Wildman–Crippen MR) is 145 cm³/mol. The number of rotatable bonds is 9. The van der Waals surface area contributed by atoms with E-state index in [9.17, 15) is 18.0 Å². The summed E-state index contributed by atoms with van der Waals surface area (Å²) in [7, 11) is -3.76. The van der Waals surface area contributed by atoms with Gasteiger partial charge in [0, 0.05) is 17.6 Å². The van der Waals surface area contributed by atoms with Crippen LogP contribution in [0.3, 0.4) is 0 Å². The van der Waals surface area contributed by atoms with Gasteiger partial charge in [-0.05, 0) is 74.6 Å². The molecule has 1 atom stereocenters. The van der Waals surface area contributed by atoms with Crippen LogP contribution in [0.2, 0.25) is 5.02 Å². The van der Waals surface area contributed by atoms with Crippen LogP contribution in [0.5, 0.6) is 0 Å². The molecule has 0 aliphatic heterocycles. The van der Waals surface area contributed by atoms with Crippen LogP contribution in [0.4, 0.5) is 5.69 Å². The molecule has 2 aromatic rings. The Bertz CT molecular complexity index is 1160. The first-order chi connectivity index (χ1) is 16.9. The minimum atomic E-state index is -3.76. The number of benzene rings is 2.